The first-order chi connectivity index (χ1) is 9.90. The van der Waals surface area contributed by atoms with Gasteiger partial charge in [-0.2, -0.15) is 0 Å². The predicted molar refractivity (Wildman–Crippen MR) is 80.0 cm³/mol. The molecule has 1 aromatic carbocycles. The van der Waals surface area contributed by atoms with Crippen LogP contribution in [0.15, 0.2) is 30.5 Å². The van der Waals surface area contributed by atoms with Gasteiger partial charge in [-0.1, -0.05) is 29.3 Å². The average molecular weight is 328 g/mol. The van der Waals surface area contributed by atoms with Gasteiger partial charge in [0.25, 0.3) is 5.69 Å². The average Bonchev–Trinajstić information content (AvgIpc) is 2.42. The molecule has 0 spiro atoms. The maximum Gasteiger partial charge on any atom is 0.272 e. The van der Waals surface area contributed by atoms with Crippen molar-refractivity contribution in [3.05, 3.63) is 56.2 Å². The highest BCUT2D eigenvalue weighted by Gasteiger charge is 2.18. The summed E-state index contributed by atoms with van der Waals surface area (Å²) in [5, 5.41) is 10.8. The smallest absolute Gasteiger partial charge is 0.272 e. The summed E-state index contributed by atoms with van der Waals surface area (Å²) < 4.78 is 5.59. The number of nitro groups is 1. The first kappa shape index (κ1) is 15.5. The van der Waals surface area contributed by atoms with E-state index < -0.39 is 4.92 Å². The minimum absolute atomic E-state index is 0.0236. The zero-order valence-corrected chi connectivity index (χ0v) is 12.4. The van der Waals surface area contributed by atoms with Crippen molar-refractivity contribution in [1.29, 1.82) is 0 Å². The van der Waals surface area contributed by atoms with Crippen LogP contribution in [0.1, 0.15) is 18.5 Å². The normalized spacial score (nSPS) is 12.0. The summed E-state index contributed by atoms with van der Waals surface area (Å²) in [6.07, 6.45) is 1.54. The van der Waals surface area contributed by atoms with Crippen LogP contribution >= 0.6 is 23.2 Å². The van der Waals surface area contributed by atoms with E-state index in [4.69, 9.17) is 33.7 Å². The molecule has 0 aliphatic carbocycles. The summed E-state index contributed by atoms with van der Waals surface area (Å²) in [5.74, 6) is 0.356. The molecule has 2 rings (SSSR count). The summed E-state index contributed by atoms with van der Waals surface area (Å²) in [6, 6.07) is 5.52. The van der Waals surface area contributed by atoms with E-state index >= 15 is 0 Å². The Balaban J connectivity index is 2.43. The van der Waals surface area contributed by atoms with Crippen molar-refractivity contribution in [2.75, 3.05) is 0 Å². The second-order valence-electron chi connectivity index (χ2n) is 4.28. The van der Waals surface area contributed by atoms with Crippen molar-refractivity contribution in [2.45, 2.75) is 13.0 Å². The first-order valence-electron chi connectivity index (χ1n) is 5.92. The van der Waals surface area contributed by atoms with E-state index in [1.165, 1.54) is 6.20 Å². The minimum atomic E-state index is -0.588. The fourth-order valence-corrected chi connectivity index (χ4v) is 2.23. The number of nitro benzene ring substituents is 1. The number of rotatable bonds is 4. The Labute approximate surface area is 130 Å². The van der Waals surface area contributed by atoms with E-state index in [-0.39, 0.29) is 33.4 Å². The van der Waals surface area contributed by atoms with E-state index in [0.717, 1.165) is 12.1 Å². The van der Waals surface area contributed by atoms with Gasteiger partial charge in [-0.25, -0.2) is 4.98 Å². The standard InChI is InChI=1S/C13H11Cl2N3O3/c1-7(16)9-3-2-4-17-13(9)21-12-10(14)5-8(18(19)20)6-11(12)15/h2-7H,16H2,1H3/t7-/m1/s1. The lowest BCUT2D eigenvalue weighted by Crippen LogP contribution is -2.07. The Hall–Kier alpha value is -1.89. The molecular weight excluding hydrogens is 317 g/mol. The predicted octanol–water partition coefficient (Wildman–Crippen LogP) is 4.11. The fraction of sp³-hybridized carbons (Fsp3) is 0.154. The Morgan fingerprint density at radius 3 is 2.52 bits per heavy atom. The van der Waals surface area contributed by atoms with Gasteiger partial charge in [-0.15, -0.1) is 0 Å². The van der Waals surface area contributed by atoms with Crippen molar-refractivity contribution < 1.29 is 9.66 Å². The van der Waals surface area contributed by atoms with E-state index in [1.54, 1.807) is 19.1 Å². The summed E-state index contributed by atoms with van der Waals surface area (Å²) in [4.78, 5) is 14.2. The Morgan fingerprint density at radius 2 is 2.00 bits per heavy atom. The Kier molecular flexibility index (Phi) is 4.62. The zero-order chi connectivity index (χ0) is 15.6. The van der Waals surface area contributed by atoms with Crippen molar-refractivity contribution in [3.63, 3.8) is 0 Å². The van der Waals surface area contributed by atoms with E-state index in [2.05, 4.69) is 4.98 Å². The quantitative estimate of drug-likeness (QED) is 0.673. The van der Waals surface area contributed by atoms with Crippen molar-refractivity contribution in [2.24, 2.45) is 5.73 Å². The molecule has 0 unspecified atom stereocenters. The molecule has 0 aliphatic rings. The molecule has 2 N–H and O–H groups in total. The van der Waals surface area contributed by atoms with Crippen LogP contribution < -0.4 is 10.5 Å². The number of aromatic nitrogens is 1. The zero-order valence-electron chi connectivity index (χ0n) is 10.9. The van der Waals surface area contributed by atoms with Gasteiger partial charge in [0.15, 0.2) is 5.75 Å². The summed E-state index contributed by atoms with van der Waals surface area (Å²) >= 11 is 12.0. The topological polar surface area (TPSA) is 91.3 Å². The molecule has 0 fully saturated rings. The molecule has 1 heterocycles. The minimum Gasteiger partial charge on any atom is -0.436 e. The van der Waals surface area contributed by atoms with Crippen LogP contribution in [0.5, 0.6) is 11.6 Å². The van der Waals surface area contributed by atoms with Gasteiger partial charge in [0, 0.05) is 29.9 Å². The van der Waals surface area contributed by atoms with Gasteiger partial charge < -0.3 is 10.5 Å². The number of benzene rings is 1. The van der Waals surface area contributed by atoms with Crippen LogP contribution in [-0.2, 0) is 0 Å². The molecule has 0 bridgehead atoms. The van der Waals surface area contributed by atoms with Crippen LogP contribution in [0.4, 0.5) is 5.69 Å². The van der Waals surface area contributed by atoms with Crippen molar-refractivity contribution in [1.82, 2.24) is 4.98 Å². The monoisotopic (exact) mass is 327 g/mol. The molecular formula is C13H11Cl2N3O3. The second-order valence-corrected chi connectivity index (χ2v) is 5.10. The second kappa shape index (κ2) is 6.26. The molecule has 0 amide bonds. The number of ether oxygens (including phenoxy) is 1. The molecule has 110 valence electrons. The van der Waals surface area contributed by atoms with Crippen molar-refractivity contribution >= 4 is 28.9 Å². The van der Waals surface area contributed by atoms with Crippen LogP contribution in [0.2, 0.25) is 10.0 Å². The van der Waals surface area contributed by atoms with E-state index in [1.807, 2.05) is 0 Å². The highest BCUT2D eigenvalue weighted by Crippen LogP contribution is 2.40. The highest BCUT2D eigenvalue weighted by molar-refractivity contribution is 6.37. The summed E-state index contributed by atoms with van der Waals surface area (Å²) in [5.41, 5.74) is 6.29. The van der Waals surface area contributed by atoms with Crippen molar-refractivity contribution in [3.8, 4) is 11.6 Å². The number of hydrogen-bond acceptors (Lipinski definition) is 5. The molecule has 2 aromatic rings. The number of hydrogen-bond donors (Lipinski definition) is 1. The molecule has 1 aromatic heterocycles. The molecule has 0 aliphatic heterocycles. The molecule has 0 saturated carbocycles. The number of nitrogens with two attached hydrogens (primary N) is 1. The maximum atomic E-state index is 10.7. The van der Waals surface area contributed by atoms with Gasteiger partial charge in [0.1, 0.15) is 0 Å². The lowest BCUT2D eigenvalue weighted by molar-refractivity contribution is -0.384. The molecule has 6 nitrogen and oxygen atoms in total. The van der Waals surface area contributed by atoms with Gasteiger partial charge in [0.05, 0.1) is 15.0 Å². The maximum absolute atomic E-state index is 10.7. The summed E-state index contributed by atoms with van der Waals surface area (Å²) in [6.45, 7) is 1.78. The number of non-ortho nitro benzene ring substituents is 1. The largest absolute Gasteiger partial charge is 0.436 e. The number of halogens is 2. The van der Waals surface area contributed by atoms with Crippen LogP contribution in [0, 0.1) is 10.1 Å². The third kappa shape index (κ3) is 3.41. The molecule has 21 heavy (non-hydrogen) atoms. The van der Waals surface area contributed by atoms with E-state index in [0.29, 0.717) is 5.56 Å². The van der Waals surface area contributed by atoms with Gasteiger partial charge in [0.2, 0.25) is 5.88 Å². The molecule has 0 radical (unpaired) electrons. The van der Waals surface area contributed by atoms with Gasteiger partial charge in [-0.3, -0.25) is 10.1 Å². The van der Waals surface area contributed by atoms with Gasteiger partial charge >= 0.3 is 0 Å². The third-order valence-electron chi connectivity index (χ3n) is 2.68. The highest BCUT2D eigenvalue weighted by atomic mass is 35.5. The lowest BCUT2D eigenvalue weighted by Gasteiger charge is -2.13. The number of nitrogens with zero attached hydrogens (tertiary/aromatic N) is 2. The first-order valence-corrected chi connectivity index (χ1v) is 6.67. The molecule has 8 heteroatoms. The third-order valence-corrected chi connectivity index (χ3v) is 3.25. The van der Waals surface area contributed by atoms with Crippen LogP contribution in [0.25, 0.3) is 0 Å². The summed E-state index contributed by atoms with van der Waals surface area (Å²) in [7, 11) is 0. The van der Waals surface area contributed by atoms with Gasteiger partial charge in [-0.05, 0) is 13.0 Å². The fourth-order valence-electron chi connectivity index (χ4n) is 1.68. The SMILES string of the molecule is C[C@@H](N)c1cccnc1Oc1c(Cl)cc([N+](=O)[O-])cc1Cl. The molecule has 1 atom stereocenters. The molecule has 0 saturated heterocycles. The Morgan fingerprint density at radius 1 is 1.38 bits per heavy atom. The lowest BCUT2D eigenvalue weighted by atomic mass is 10.1. The van der Waals surface area contributed by atoms with E-state index in [9.17, 15) is 10.1 Å². The number of pyridine rings is 1. The van der Waals surface area contributed by atoms with Crippen LogP contribution in [-0.4, -0.2) is 9.91 Å². The Bertz CT molecular complexity index is 669. The van der Waals surface area contributed by atoms with Crippen LogP contribution in [0.3, 0.4) is 0 Å².